The second-order valence-electron chi connectivity index (χ2n) is 3.34. The minimum absolute atomic E-state index is 0.0210. The summed E-state index contributed by atoms with van der Waals surface area (Å²) in [7, 11) is 0. The van der Waals surface area contributed by atoms with Crippen molar-refractivity contribution >= 4 is 17.5 Å². The number of aromatic nitrogens is 1. The number of nitriles is 1. The molecule has 0 saturated heterocycles. The first-order chi connectivity index (χ1) is 8.49. The Labute approximate surface area is 102 Å². The number of likely N-dealkylation sites (N-methyl/N-ethyl adjacent to an activating group) is 1. The van der Waals surface area contributed by atoms with E-state index in [2.05, 4.69) is 4.98 Å². The third kappa shape index (κ3) is 2.91. The molecule has 1 heterocycles. The number of nitrogens with zero attached hydrogens (tertiary/aromatic N) is 4. The fourth-order valence-electron chi connectivity index (χ4n) is 1.38. The maximum atomic E-state index is 10.7. The first kappa shape index (κ1) is 13.4. The van der Waals surface area contributed by atoms with Crippen LogP contribution in [0.15, 0.2) is 12.3 Å². The minimum Gasteiger partial charge on any atom is -0.480 e. The van der Waals surface area contributed by atoms with Gasteiger partial charge in [-0.25, -0.2) is 4.98 Å². The average Bonchev–Trinajstić information content (AvgIpc) is 2.34. The number of carboxylic acids is 1. The van der Waals surface area contributed by atoms with Gasteiger partial charge in [0.15, 0.2) is 0 Å². The van der Waals surface area contributed by atoms with Gasteiger partial charge in [0.05, 0.1) is 4.92 Å². The lowest BCUT2D eigenvalue weighted by molar-refractivity contribution is -0.385. The predicted octanol–water partition coefficient (Wildman–Crippen LogP) is 0.772. The molecule has 0 atom stereocenters. The smallest absolute Gasteiger partial charge is 0.323 e. The third-order valence-corrected chi connectivity index (χ3v) is 2.19. The number of anilines is 1. The molecule has 0 radical (unpaired) electrons. The van der Waals surface area contributed by atoms with E-state index in [1.54, 1.807) is 13.0 Å². The number of pyridine rings is 1. The van der Waals surface area contributed by atoms with Gasteiger partial charge in [0.1, 0.15) is 30.2 Å². The molecule has 0 aliphatic carbocycles. The number of hydrogen-bond donors (Lipinski definition) is 1. The molecular weight excluding hydrogens is 240 g/mol. The first-order valence-electron chi connectivity index (χ1n) is 5.00. The van der Waals surface area contributed by atoms with Crippen molar-refractivity contribution in [1.82, 2.24) is 4.98 Å². The van der Waals surface area contributed by atoms with Crippen molar-refractivity contribution in [2.75, 3.05) is 18.0 Å². The van der Waals surface area contributed by atoms with Gasteiger partial charge in [0, 0.05) is 12.6 Å². The highest BCUT2D eigenvalue weighted by molar-refractivity contribution is 5.74. The summed E-state index contributed by atoms with van der Waals surface area (Å²) in [5.41, 5.74) is -0.325. The molecule has 0 unspecified atom stereocenters. The molecule has 0 fully saturated rings. The summed E-state index contributed by atoms with van der Waals surface area (Å²) in [4.78, 5) is 25.7. The van der Waals surface area contributed by atoms with Crippen LogP contribution in [0.2, 0.25) is 0 Å². The summed E-state index contributed by atoms with van der Waals surface area (Å²) >= 11 is 0. The first-order valence-corrected chi connectivity index (χ1v) is 5.00. The molecule has 1 rings (SSSR count). The van der Waals surface area contributed by atoms with E-state index in [9.17, 15) is 14.9 Å². The summed E-state index contributed by atoms with van der Waals surface area (Å²) < 4.78 is 0. The lowest BCUT2D eigenvalue weighted by atomic mass is 10.2. The third-order valence-electron chi connectivity index (χ3n) is 2.19. The summed E-state index contributed by atoms with van der Waals surface area (Å²) in [6.07, 6.45) is 1.00. The van der Waals surface area contributed by atoms with Crippen LogP contribution in [0.3, 0.4) is 0 Å². The summed E-state index contributed by atoms with van der Waals surface area (Å²) in [5, 5.41) is 28.2. The van der Waals surface area contributed by atoms with Crippen LogP contribution in [0.1, 0.15) is 12.5 Å². The van der Waals surface area contributed by atoms with Gasteiger partial charge in [0.25, 0.3) is 5.69 Å². The fourth-order valence-corrected chi connectivity index (χ4v) is 1.38. The number of nitro groups is 1. The number of rotatable bonds is 5. The monoisotopic (exact) mass is 250 g/mol. The molecule has 0 saturated carbocycles. The average molecular weight is 250 g/mol. The summed E-state index contributed by atoms with van der Waals surface area (Å²) in [6.45, 7) is 1.70. The van der Waals surface area contributed by atoms with E-state index >= 15 is 0 Å². The summed E-state index contributed by atoms with van der Waals surface area (Å²) in [6, 6.07) is 2.85. The zero-order chi connectivity index (χ0) is 13.7. The highest BCUT2D eigenvalue weighted by Crippen LogP contribution is 2.21. The molecule has 94 valence electrons. The fraction of sp³-hybridized carbons (Fsp3) is 0.300. The van der Waals surface area contributed by atoms with Crippen molar-refractivity contribution in [2.24, 2.45) is 0 Å². The van der Waals surface area contributed by atoms with E-state index in [0.29, 0.717) is 6.54 Å². The normalized spacial score (nSPS) is 9.56. The summed E-state index contributed by atoms with van der Waals surface area (Å²) in [5.74, 6) is -0.936. The topological polar surface area (TPSA) is 120 Å². The van der Waals surface area contributed by atoms with E-state index in [-0.39, 0.29) is 23.6 Å². The standard InChI is InChI=1S/C10H10N4O4/c1-2-13(6-9(15)16)10-7(4-11)3-8(5-12-10)14(17)18/h3,5H,2,6H2,1H3,(H,15,16). The van der Waals surface area contributed by atoms with Gasteiger partial charge in [-0.15, -0.1) is 0 Å². The molecule has 0 amide bonds. The zero-order valence-electron chi connectivity index (χ0n) is 9.53. The predicted molar refractivity (Wildman–Crippen MR) is 61.1 cm³/mol. The second-order valence-corrected chi connectivity index (χ2v) is 3.34. The lowest BCUT2D eigenvalue weighted by Gasteiger charge is -2.20. The molecule has 1 N–H and O–H groups in total. The van der Waals surface area contributed by atoms with Crippen LogP contribution in [-0.2, 0) is 4.79 Å². The van der Waals surface area contributed by atoms with Crippen molar-refractivity contribution in [3.8, 4) is 6.07 Å². The van der Waals surface area contributed by atoms with Crippen molar-refractivity contribution < 1.29 is 14.8 Å². The quantitative estimate of drug-likeness (QED) is 0.605. The van der Waals surface area contributed by atoms with E-state index in [4.69, 9.17) is 10.4 Å². The SMILES string of the molecule is CCN(CC(=O)O)c1ncc([N+](=O)[O-])cc1C#N. The number of carbonyl (C=O) groups is 1. The molecule has 1 aromatic heterocycles. The van der Waals surface area contributed by atoms with Crippen LogP contribution < -0.4 is 4.90 Å². The Morgan fingerprint density at radius 3 is 2.83 bits per heavy atom. The van der Waals surface area contributed by atoms with Gasteiger partial charge in [-0.1, -0.05) is 0 Å². The van der Waals surface area contributed by atoms with Crippen molar-refractivity contribution in [3.05, 3.63) is 27.9 Å². The molecule has 0 aromatic carbocycles. The van der Waals surface area contributed by atoms with Crippen LogP contribution >= 0.6 is 0 Å². The van der Waals surface area contributed by atoms with E-state index < -0.39 is 10.9 Å². The molecular formula is C10H10N4O4. The molecule has 0 aliphatic heterocycles. The molecule has 8 heteroatoms. The Morgan fingerprint density at radius 1 is 1.72 bits per heavy atom. The molecule has 0 bridgehead atoms. The second kappa shape index (κ2) is 5.58. The maximum Gasteiger partial charge on any atom is 0.323 e. The maximum absolute atomic E-state index is 10.7. The Kier molecular flexibility index (Phi) is 4.15. The van der Waals surface area contributed by atoms with Crippen LogP contribution in [0, 0.1) is 21.4 Å². The molecule has 18 heavy (non-hydrogen) atoms. The molecule has 0 spiro atoms. The van der Waals surface area contributed by atoms with Crippen LogP contribution in [0.5, 0.6) is 0 Å². The number of aliphatic carboxylic acids is 1. The lowest BCUT2D eigenvalue weighted by Crippen LogP contribution is -2.30. The van der Waals surface area contributed by atoms with Gasteiger partial charge < -0.3 is 10.0 Å². The van der Waals surface area contributed by atoms with Crippen molar-refractivity contribution in [3.63, 3.8) is 0 Å². The molecule has 0 aliphatic rings. The minimum atomic E-state index is -1.07. The highest BCUT2D eigenvalue weighted by Gasteiger charge is 2.18. The Bertz CT molecular complexity index is 523. The van der Waals surface area contributed by atoms with Crippen LogP contribution in [0.25, 0.3) is 0 Å². The van der Waals surface area contributed by atoms with Gasteiger partial charge in [0.2, 0.25) is 0 Å². The van der Waals surface area contributed by atoms with Crippen molar-refractivity contribution in [2.45, 2.75) is 6.92 Å². The zero-order valence-corrected chi connectivity index (χ0v) is 9.53. The van der Waals surface area contributed by atoms with Crippen LogP contribution in [0.4, 0.5) is 11.5 Å². The van der Waals surface area contributed by atoms with E-state index in [1.807, 2.05) is 0 Å². The van der Waals surface area contributed by atoms with E-state index in [0.717, 1.165) is 12.3 Å². The number of carboxylic acid groups (broad SMARTS) is 1. The van der Waals surface area contributed by atoms with E-state index in [1.165, 1.54) is 4.90 Å². The van der Waals surface area contributed by atoms with Crippen LogP contribution in [-0.4, -0.2) is 34.1 Å². The van der Waals surface area contributed by atoms with Gasteiger partial charge >= 0.3 is 5.97 Å². The van der Waals surface area contributed by atoms with Gasteiger partial charge in [-0.3, -0.25) is 14.9 Å². The molecule has 1 aromatic rings. The van der Waals surface area contributed by atoms with Crippen molar-refractivity contribution in [1.29, 1.82) is 5.26 Å². The Morgan fingerprint density at radius 2 is 2.39 bits per heavy atom. The Balaban J connectivity index is 3.19. The van der Waals surface area contributed by atoms with Gasteiger partial charge in [-0.2, -0.15) is 5.26 Å². The Hall–Kier alpha value is -2.69. The van der Waals surface area contributed by atoms with Gasteiger partial charge in [-0.05, 0) is 6.92 Å². The molecule has 8 nitrogen and oxygen atoms in total. The largest absolute Gasteiger partial charge is 0.480 e. The highest BCUT2D eigenvalue weighted by atomic mass is 16.6. The number of hydrogen-bond acceptors (Lipinski definition) is 6.